The predicted molar refractivity (Wildman–Crippen MR) is 118 cm³/mol. The number of hydrogen-bond acceptors (Lipinski definition) is 6. The third kappa shape index (κ3) is 3.94. The summed E-state index contributed by atoms with van der Waals surface area (Å²) >= 11 is 1.55. The van der Waals surface area contributed by atoms with E-state index in [4.69, 9.17) is 5.26 Å². The van der Waals surface area contributed by atoms with Crippen LogP contribution in [0.4, 0.5) is 5.69 Å². The van der Waals surface area contributed by atoms with Gasteiger partial charge in [0.15, 0.2) is 0 Å². The number of nitrogens with one attached hydrogen (secondary N) is 1. The van der Waals surface area contributed by atoms with Crippen LogP contribution in [0.2, 0.25) is 0 Å². The van der Waals surface area contributed by atoms with Crippen molar-refractivity contribution in [2.75, 3.05) is 36.2 Å². The highest BCUT2D eigenvalue weighted by Crippen LogP contribution is 2.30. The van der Waals surface area contributed by atoms with Crippen molar-refractivity contribution < 1.29 is 9.59 Å². The number of carbonyl (C=O) groups excluding carboxylic acids is 2. The molecular formula is C22H25N5O2S. The minimum Gasteiger partial charge on any atom is -0.371 e. The molecule has 2 aliphatic rings. The molecule has 2 aromatic rings. The summed E-state index contributed by atoms with van der Waals surface area (Å²) in [4.78, 5) is 33.6. The first-order valence-electron chi connectivity index (χ1n) is 10.2. The molecule has 2 fully saturated rings. The van der Waals surface area contributed by atoms with Crippen LogP contribution in [0.5, 0.6) is 0 Å². The Bertz CT molecular complexity index is 1010. The molecule has 4 rings (SSSR count). The second-order valence-corrected chi connectivity index (χ2v) is 9.11. The number of carbonyl (C=O) groups is 2. The first-order chi connectivity index (χ1) is 14.5. The number of benzene rings is 1. The topological polar surface area (TPSA) is 89.3 Å². The van der Waals surface area contributed by atoms with E-state index in [1.807, 2.05) is 12.1 Å². The van der Waals surface area contributed by atoms with Gasteiger partial charge in [-0.2, -0.15) is 5.26 Å². The molecule has 7 nitrogen and oxygen atoms in total. The summed E-state index contributed by atoms with van der Waals surface area (Å²) in [5.74, 6) is 1.81. The lowest BCUT2D eigenvalue weighted by atomic mass is 10.0. The number of nitriles is 1. The minimum absolute atomic E-state index is 0.123. The van der Waals surface area contributed by atoms with Gasteiger partial charge in [0.2, 0.25) is 5.91 Å². The van der Waals surface area contributed by atoms with E-state index in [2.05, 4.69) is 41.2 Å². The molecule has 2 aliphatic heterocycles. The zero-order valence-corrected chi connectivity index (χ0v) is 18.0. The average Bonchev–Trinajstić information content (AvgIpc) is 3.37. The Labute approximate surface area is 180 Å². The zero-order chi connectivity index (χ0) is 21.3. The molecule has 1 aromatic heterocycles. The van der Waals surface area contributed by atoms with E-state index in [1.54, 1.807) is 24.0 Å². The normalized spacial score (nSPS) is 23.6. The number of anilines is 1. The molecule has 0 radical (unpaired) electrons. The standard InChI is InChI=1S/C22H25N5O2S/c1-14-10-26(11-15(14)2)16-3-4-20-19(7-16)18(5-6-24-20)22(29)25-9-21(28)27-13-30-12-17(27)8-23/h3-7,14-15,17H,9-13H2,1-2H3,(H,25,29)/t14-,15-,17+/m0/s1. The summed E-state index contributed by atoms with van der Waals surface area (Å²) in [7, 11) is 0. The van der Waals surface area contributed by atoms with Gasteiger partial charge in [0.1, 0.15) is 6.04 Å². The first kappa shape index (κ1) is 20.5. The molecule has 2 saturated heterocycles. The van der Waals surface area contributed by atoms with Crippen LogP contribution in [-0.4, -0.2) is 59.0 Å². The lowest BCUT2D eigenvalue weighted by molar-refractivity contribution is -0.129. The molecule has 1 N–H and O–H groups in total. The van der Waals surface area contributed by atoms with E-state index in [-0.39, 0.29) is 18.4 Å². The summed E-state index contributed by atoms with van der Waals surface area (Å²) in [6.07, 6.45) is 1.61. The third-order valence-corrected chi connectivity index (χ3v) is 7.09. The van der Waals surface area contributed by atoms with Crippen LogP contribution in [-0.2, 0) is 4.79 Å². The summed E-state index contributed by atoms with van der Waals surface area (Å²) in [6, 6.07) is 9.42. The molecule has 8 heteroatoms. The van der Waals surface area contributed by atoms with Crippen LogP contribution in [0.1, 0.15) is 24.2 Å². The fourth-order valence-corrected chi connectivity index (χ4v) is 5.12. The van der Waals surface area contributed by atoms with Gasteiger partial charge in [-0.05, 0) is 36.1 Å². The smallest absolute Gasteiger partial charge is 0.252 e. The molecule has 0 unspecified atom stereocenters. The van der Waals surface area contributed by atoms with Gasteiger partial charge < -0.3 is 15.1 Å². The second-order valence-electron chi connectivity index (χ2n) is 8.11. The largest absolute Gasteiger partial charge is 0.371 e. The molecule has 0 saturated carbocycles. The van der Waals surface area contributed by atoms with E-state index < -0.39 is 6.04 Å². The molecular weight excluding hydrogens is 398 g/mol. The lowest BCUT2D eigenvalue weighted by Crippen LogP contribution is -2.42. The van der Waals surface area contributed by atoms with Crippen molar-refractivity contribution in [1.82, 2.24) is 15.2 Å². The van der Waals surface area contributed by atoms with Gasteiger partial charge in [-0.15, -0.1) is 11.8 Å². The summed E-state index contributed by atoms with van der Waals surface area (Å²) < 4.78 is 0. The number of amides is 2. The lowest BCUT2D eigenvalue weighted by Gasteiger charge is -2.20. The minimum atomic E-state index is -0.422. The van der Waals surface area contributed by atoms with Crippen molar-refractivity contribution in [2.45, 2.75) is 19.9 Å². The number of hydrogen-bond donors (Lipinski definition) is 1. The van der Waals surface area contributed by atoms with E-state index >= 15 is 0 Å². The Hall–Kier alpha value is -2.79. The highest BCUT2D eigenvalue weighted by molar-refractivity contribution is 7.99. The molecule has 3 atom stereocenters. The van der Waals surface area contributed by atoms with Crippen molar-refractivity contribution in [3.05, 3.63) is 36.0 Å². The first-order valence-corrected chi connectivity index (χ1v) is 11.3. The van der Waals surface area contributed by atoms with Gasteiger partial charge in [-0.1, -0.05) is 13.8 Å². The SMILES string of the molecule is C[C@H]1CN(c2ccc3nccc(C(=O)NCC(=O)N4CSC[C@H]4C#N)c3c2)C[C@@H]1C. The average molecular weight is 424 g/mol. The predicted octanol–water partition coefficient (Wildman–Crippen LogP) is 2.48. The number of aromatic nitrogens is 1. The number of nitrogens with zero attached hydrogens (tertiary/aromatic N) is 4. The summed E-state index contributed by atoms with van der Waals surface area (Å²) in [5.41, 5.74) is 2.34. The molecule has 2 amide bonds. The highest BCUT2D eigenvalue weighted by atomic mass is 32.2. The van der Waals surface area contributed by atoms with Crippen LogP contribution in [0, 0.1) is 23.2 Å². The number of rotatable bonds is 4. The highest BCUT2D eigenvalue weighted by Gasteiger charge is 2.29. The van der Waals surface area contributed by atoms with Crippen molar-refractivity contribution in [2.24, 2.45) is 11.8 Å². The summed E-state index contributed by atoms with van der Waals surface area (Å²) in [6.45, 7) is 6.40. The Morgan fingerprint density at radius 3 is 2.77 bits per heavy atom. The quantitative estimate of drug-likeness (QED) is 0.813. The molecule has 1 aromatic carbocycles. The number of fused-ring (bicyclic) bond motifs is 1. The molecule has 0 bridgehead atoms. The number of thioether (sulfide) groups is 1. The zero-order valence-electron chi connectivity index (χ0n) is 17.2. The maximum Gasteiger partial charge on any atom is 0.252 e. The Morgan fingerprint density at radius 2 is 2.03 bits per heavy atom. The van der Waals surface area contributed by atoms with Crippen LogP contribution >= 0.6 is 11.8 Å². The Morgan fingerprint density at radius 1 is 1.27 bits per heavy atom. The fourth-order valence-electron chi connectivity index (χ4n) is 4.02. The monoisotopic (exact) mass is 423 g/mol. The third-order valence-electron chi connectivity index (χ3n) is 6.07. The van der Waals surface area contributed by atoms with Crippen LogP contribution in [0.3, 0.4) is 0 Å². The molecule has 3 heterocycles. The maximum atomic E-state index is 12.9. The van der Waals surface area contributed by atoms with E-state index in [1.165, 1.54) is 4.90 Å². The van der Waals surface area contributed by atoms with Crippen molar-refractivity contribution >= 4 is 40.2 Å². The van der Waals surface area contributed by atoms with Gasteiger partial charge in [-0.3, -0.25) is 14.6 Å². The van der Waals surface area contributed by atoms with Crippen LogP contribution in [0.25, 0.3) is 10.9 Å². The van der Waals surface area contributed by atoms with Gasteiger partial charge in [-0.25, -0.2) is 0 Å². The van der Waals surface area contributed by atoms with Crippen LogP contribution in [0.15, 0.2) is 30.5 Å². The van der Waals surface area contributed by atoms with Gasteiger partial charge in [0.25, 0.3) is 5.91 Å². The molecule has 0 aliphatic carbocycles. The fraction of sp³-hybridized carbons (Fsp3) is 0.455. The van der Waals surface area contributed by atoms with Crippen LogP contribution < -0.4 is 10.2 Å². The van der Waals surface area contributed by atoms with Crippen molar-refractivity contribution in [1.29, 1.82) is 5.26 Å². The van der Waals surface area contributed by atoms with Crippen molar-refractivity contribution in [3.8, 4) is 6.07 Å². The van der Waals surface area contributed by atoms with Crippen molar-refractivity contribution in [3.63, 3.8) is 0 Å². The maximum absolute atomic E-state index is 12.9. The van der Waals surface area contributed by atoms with E-state index in [0.29, 0.717) is 29.0 Å². The molecule has 30 heavy (non-hydrogen) atoms. The van der Waals surface area contributed by atoms with E-state index in [9.17, 15) is 9.59 Å². The second kappa shape index (κ2) is 8.52. The molecule has 156 valence electrons. The Balaban J connectivity index is 1.51. The van der Waals surface area contributed by atoms with Gasteiger partial charge in [0, 0.05) is 36.1 Å². The molecule has 0 spiro atoms. The number of pyridine rings is 1. The summed E-state index contributed by atoms with van der Waals surface area (Å²) in [5, 5.41) is 12.7. The van der Waals surface area contributed by atoms with Gasteiger partial charge >= 0.3 is 0 Å². The Kier molecular flexibility index (Phi) is 5.82. The van der Waals surface area contributed by atoms with Gasteiger partial charge in [0.05, 0.1) is 29.6 Å². The van der Waals surface area contributed by atoms with E-state index in [0.717, 1.165) is 29.7 Å².